The summed E-state index contributed by atoms with van der Waals surface area (Å²) in [7, 11) is 0. The molecule has 1 aromatic carbocycles. The van der Waals surface area contributed by atoms with Crippen molar-refractivity contribution in [2.45, 2.75) is 19.3 Å². The quantitative estimate of drug-likeness (QED) is 0.919. The number of hydrogen-bond acceptors (Lipinski definition) is 4. The Hall–Kier alpha value is -2.56. The Labute approximate surface area is 128 Å². The number of aliphatic carboxylic acids is 1. The molecule has 5 heteroatoms. The Morgan fingerprint density at radius 1 is 1.50 bits per heavy atom. The largest absolute Gasteiger partial charge is 0.482 e. The molecule has 0 amide bonds. The molecule has 0 spiro atoms. The van der Waals surface area contributed by atoms with Crippen LogP contribution in [0.25, 0.3) is 6.08 Å². The fourth-order valence-electron chi connectivity index (χ4n) is 2.77. The monoisotopic (exact) mass is 299 g/mol. The van der Waals surface area contributed by atoms with Gasteiger partial charge in [-0.15, -0.1) is 0 Å². The van der Waals surface area contributed by atoms with E-state index in [-0.39, 0.29) is 6.61 Å². The number of nitrogens with zero attached hydrogens (tertiary/aromatic N) is 1. The molecule has 0 saturated carbocycles. The molecule has 114 valence electrons. The van der Waals surface area contributed by atoms with Gasteiger partial charge in [-0.25, -0.2) is 9.78 Å². The van der Waals surface area contributed by atoms with Crippen molar-refractivity contribution in [3.05, 3.63) is 53.8 Å². The molecule has 1 aliphatic carbocycles. The Bertz CT molecular complexity index is 676. The third-order valence-corrected chi connectivity index (χ3v) is 3.79. The van der Waals surface area contributed by atoms with Crippen molar-refractivity contribution in [3.63, 3.8) is 0 Å². The van der Waals surface area contributed by atoms with Crippen LogP contribution in [0.5, 0.6) is 5.75 Å². The topological polar surface area (TPSA) is 72.6 Å². The number of ether oxygens (including phenoxy) is 1. The summed E-state index contributed by atoms with van der Waals surface area (Å²) in [5, 5.41) is 8.73. The van der Waals surface area contributed by atoms with Crippen LogP contribution in [-0.4, -0.2) is 22.7 Å². The molecule has 0 radical (unpaired) electrons. The minimum Gasteiger partial charge on any atom is -0.482 e. The summed E-state index contributed by atoms with van der Waals surface area (Å²) in [5.74, 6) is 0.772. The van der Waals surface area contributed by atoms with E-state index in [9.17, 15) is 4.79 Å². The Morgan fingerprint density at radius 2 is 2.41 bits per heavy atom. The number of oxazole rings is 1. The summed E-state index contributed by atoms with van der Waals surface area (Å²) in [6.07, 6.45) is 10.0. The first-order valence-electron chi connectivity index (χ1n) is 7.25. The summed E-state index contributed by atoms with van der Waals surface area (Å²) in [6, 6.07) is 5.83. The number of carboxylic acids is 1. The first kappa shape index (κ1) is 14.4. The number of hydrogen-bond donors (Lipinski definition) is 1. The van der Waals surface area contributed by atoms with Crippen LogP contribution in [0.4, 0.5) is 0 Å². The average Bonchev–Trinajstić information content (AvgIpc) is 3.04. The lowest BCUT2D eigenvalue weighted by atomic mass is 9.83. The molecule has 1 heterocycles. The lowest BCUT2D eigenvalue weighted by Crippen LogP contribution is -2.16. The van der Waals surface area contributed by atoms with Gasteiger partial charge >= 0.3 is 5.97 Å². The van der Waals surface area contributed by atoms with Crippen molar-refractivity contribution < 1.29 is 19.1 Å². The van der Waals surface area contributed by atoms with Gasteiger partial charge in [-0.3, -0.25) is 0 Å². The van der Waals surface area contributed by atoms with E-state index in [4.69, 9.17) is 14.3 Å². The lowest BCUT2D eigenvalue weighted by Gasteiger charge is -2.24. The Morgan fingerprint density at radius 3 is 3.18 bits per heavy atom. The number of carboxylic acid groups (broad SMARTS) is 1. The van der Waals surface area contributed by atoms with Crippen molar-refractivity contribution in [1.29, 1.82) is 0 Å². The summed E-state index contributed by atoms with van der Waals surface area (Å²) in [6.45, 7) is -0.302. The molecule has 0 aliphatic heterocycles. The maximum absolute atomic E-state index is 10.6. The third-order valence-electron chi connectivity index (χ3n) is 3.79. The predicted molar refractivity (Wildman–Crippen MR) is 80.6 cm³/mol. The van der Waals surface area contributed by atoms with E-state index in [0.29, 0.717) is 17.6 Å². The second-order valence-electron chi connectivity index (χ2n) is 5.31. The van der Waals surface area contributed by atoms with E-state index in [0.717, 1.165) is 24.8 Å². The summed E-state index contributed by atoms with van der Waals surface area (Å²) in [5.41, 5.74) is 2.35. The van der Waals surface area contributed by atoms with E-state index in [1.165, 1.54) is 5.56 Å². The Balaban J connectivity index is 1.70. The molecular formula is C17H17NO4. The van der Waals surface area contributed by atoms with Crippen LogP contribution in [0.3, 0.4) is 0 Å². The zero-order chi connectivity index (χ0) is 15.4. The van der Waals surface area contributed by atoms with Gasteiger partial charge in [0.1, 0.15) is 12.0 Å². The first-order valence-corrected chi connectivity index (χ1v) is 7.25. The number of benzene rings is 1. The van der Waals surface area contributed by atoms with Gasteiger partial charge in [0.15, 0.2) is 6.61 Å². The van der Waals surface area contributed by atoms with Gasteiger partial charge in [0.05, 0.1) is 6.20 Å². The number of carbonyl (C=O) groups is 1. The van der Waals surface area contributed by atoms with Crippen molar-refractivity contribution in [2.24, 2.45) is 5.92 Å². The van der Waals surface area contributed by atoms with Gasteiger partial charge in [0.2, 0.25) is 5.89 Å². The van der Waals surface area contributed by atoms with E-state index in [1.54, 1.807) is 12.5 Å². The molecule has 1 aliphatic rings. The maximum Gasteiger partial charge on any atom is 0.341 e. The minimum absolute atomic E-state index is 0.302. The first-order chi connectivity index (χ1) is 10.7. The summed E-state index contributed by atoms with van der Waals surface area (Å²) in [4.78, 5) is 14.7. The maximum atomic E-state index is 10.6. The van der Waals surface area contributed by atoms with Gasteiger partial charge < -0.3 is 14.3 Å². The minimum atomic E-state index is -0.958. The molecule has 22 heavy (non-hydrogen) atoms. The molecule has 0 fully saturated rings. The molecule has 1 unspecified atom stereocenters. The van der Waals surface area contributed by atoms with E-state index >= 15 is 0 Å². The second-order valence-corrected chi connectivity index (χ2v) is 5.31. The smallest absolute Gasteiger partial charge is 0.341 e. The van der Waals surface area contributed by atoms with Gasteiger partial charge in [0.25, 0.3) is 0 Å². The summed E-state index contributed by atoms with van der Waals surface area (Å²) >= 11 is 0. The second kappa shape index (κ2) is 6.47. The number of fused-ring (bicyclic) bond motifs is 1. The molecule has 0 bridgehead atoms. The zero-order valence-corrected chi connectivity index (χ0v) is 12.1. The molecule has 5 nitrogen and oxygen atoms in total. The Kier molecular flexibility index (Phi) is 4.23. The van der Waals surface area contributed by atoms with Crippen molar-refractivity contribution in [1.82, 2.24) is 4.98 Å². The van der Waals surface area contributed by atoms with Crippen LogP contribution < -0.4 is 4.74 Å². The predicted octanol–water partition coefficient (Wildman–Crippen LogP) is 2.96. The highest BCUT2D eigenvalue weighted by Gasteiger charge is 2.20. The summed E-state index contributed by atoms with van der Waals surface area (Å²) < 4.78 is 10.6. The number of rotatable bonds is 5. The van der Waals surface area contributed by atoms with E-state index < -0.39 is 5.97 Å². The highest BCUT2D eigenvalue weighted by atomic mass is 16.5. The van der Waals surface area contributed by atoms with Gasteiger partial charge in [0, 0.05) is 0 Å². The SMILES string of the molecule is O=C(O)COc1cccc2c1CCC(C=Cc1ncco1)C2. The molecule has 0 saturated heterocycles. The molecule has 1 atom stereocenters. The number of aromatic nitrogens is 1. The van der Waals surface area contributed by atoms with Crippen LogP contribution in [0.2, 0.25) is 0 Å². The van der Waals surface area contributed by atoms with Crippen LogP contribution in [0.1, 0.15) is 23.4 Å². The van der Waals surface area contributed by atoms with Crippen molar-refractivity contribution in [3.8, 4) is 5.75 Å². The molecule has 3 rings (SSSR count). The zero-order valence-electron chi connectivity index (χ0n) is 12.1. The fourth-order valence-corrected chi connectivity index (χ4v) is 2.77. The van der Waals surface area contributed by atoms with Gasteiger partial charge in [-0.1, -0.05) is 18.2 Å². The van der Waals surface area contributed by atoms with Crippen LogP contribution in [0.15, 0.2) is 41.2 Å². The van der Waals surface area contributed by atoms with Gasteiger partial charge in [-0.05, 0) is 48.4 Å². The van der Waals surface area contributed by atoms with Crippen molar-refractivity contribution in [2.75, 3.05) is 6.61 Å². The van der Waals surface area contributed by atoms with Crippen LogP contribution in [-0.2, 0) is 17.6 Å². The van der Waals surface area contributed by atoms with Crippen LogP contribution >= 0.6 is 0 Å². The van der Waals surface area contributed by atoms with Crippen LogP contribution in [0, 0.1) is 5.92 Å². The molecule has 1 aromatic heterocycles. The third kappa shape index (κ3) is 3.36. The highest BCUT2D eigenvalue weighted by Crippen LogP contribution is 2.33. The van der Waals surface area contributed by atoms with E-state index in [1.807, 2.05) is 18.2 Å². The standard InChI is InChI=1S/C17H17NO4/c19-17(20)11-22-15-3-1-2-13-10-12(4-6-14(13)15)5-7-16-18-8-9-21-16/h1-3,5,7-9,12H,4,6,10-11H2,(H,19,20). The number of allylic oxidation sites excluding steroid dienone is 1. The average molecular weight is 299 g/mol. The van der Waals surface area contributed by atoms with E-state index in [2.05, 4.69) is 17.1 Å². The lowest BCUT2D eigenvalue weighted by molar-refractivity contribution is -0.139. The van der Waals surface area contributed by atoms with Gasteiger partial charge in [-0.2, -0.15) is 0 Å². The fraction of sp³-hybridized carbons (Fsp3) is 0.294. The molecular weight excluding hydrogens is 282 g/mol. The molecule has 1 N–H and O–H groups in total. The highest BCUT2D eigenvalue weighted by molar-refractivity contribution is 5.68. The molecule has 2 aromatic rings. The van der Waals surface area contributed by atoms with Crippen molar-refractivity contribution >= 4 is 12.0 Å². The normalized spacial score (nSPS) is 17.4.